The molecule has 2 aliphatic heterocycles. The molecule has 4 bridgehead atoms. The van der Waals surface area contributed by atoms with E-state index in [0.29, 0.717) is 6.42 Å². The molecule has 20 heavy (non-hydrogen) atoms. The van der Waals surface area contributed by atoms with E-state index < -0.39 is 24.3 Å². The van der Waals surface area contributed by atoms with E-state index in [2.05, 4.69) is 6.58 Å². The molecule has 108 valence electrons. The molecule has 0 radical (unpaired) electrons. The van der Waals surface area contributed by atoms with Crippen LogP contribution in [0.1, 0.15) is 26.2 Å². The van der Waals surface area contributed by atoms with Crippen LogP contribution in [0.15, 0.2) is 12.2 Å². The van der Waals surface area contributed by atoms with Crippen LogP contribution in [0.3, 0.4) is 0 Å². The van der Waals surface area contributed by atoms with Crippen molar-refractivity contribution >= 4 is 17.9 Å². The Hall–Kier alpha value is -1.85. The first kappa shape index (κ1) is 13.1. The first-order valence-electron chi connectivity index (χ1n) is 6.68. The largest absolute Gasteiger partial charge is 0.450 e. The molecule has 0 N–H and O–H groups in total. The summed E-state index contributed by atoms with van der Waals surface area (Å²) in [4.78, 5) is 34.7. The zero-order valence-corrected chi connectivity index (χ0v) is 11.2. The van der Waals surface area contributed by atoms with Gasteiger partial charge in [-0.25, -0.2) is 9.59 Å². The fourth-order valence-electron chi connectivity index (χ4n) is 3.52. The van der Waals surface area contributed by atoms with Crippen LogP contribution in [0, 0.1) is 17.8 Å². The highest BCUT2D eigenvalue weighted by molar-refractivity contribution is 5.88. The summed E-state index contributed by atoms with van der Waals surface area (Å²) in [5, 5.41) is 0. The highest BCUT2D eigenvalue weighted by Crippen LogP contribution is 2.60. The van der Waals surface area contributed by atoms with Crippen molar-refractivity contribution in [3.8, 4) is 0 Å². The van der Waals surface area contributed by atoms with E-state index in [-0.39, 0.29) is 29.3 Å². The predicted octanol–water partition coefficient (Wildman–Crippen LogP) is 0.948. The van der Waals surface area contributed by atoms with Gasteiger partial charge < -0.3 is 14.2 Å². The third-order valence-corrected chi connectivity index (χ3v) is 4.40. The molecule has 0 aromatic rings. The van der Waals surface area contributed by atoms with Crippen LogP contribution in [0.2, 0.25) is 0 Å². The van der Waals surface area contributed by atoms with Crippen LogP contribution in [-0.4, -0.2) is 30.3 Å². The van der Waals surface area contributed by atoms with Crippen LogP contribution in [0.5, 0.6) is 0 Å². The molecule has 6 nitrogen and oxygen atoms in total. The van der Waals surface area contributed by atoms with Crippen molar-refractivity contribution in [2.45, 2.75) is 32.0 Å². The maximum absolute atomic E-state index is 11.8. The summed E-state index contributed by atoms with van der Waals surface area (Å²) in [5.74, 6) is -2.43. The number of esters is 3. The molecular weight excluding hydrogens is 264 g/mol. The van der Waals surface area contributed by atoms with Gasteiger partial charge in [0, 0.05) is 17.9 Å². The van der Waals surface area contributed by atoms with Gasteiger partial charge in [-0.15, -0.1) is 0 Å². The number of hydrogen-bond donors (Lipinski definition) is 0. The number of fused-ring (bicyclic) bond motifs is 1. The van der Waals surface area contributed by atoms with Crippen LogP contribution < -0.4 is 0 Å². The number of rotatable bonds is 4. The van der Waals surface area contributed by atoms with Gasteiger partial charge in [-0.1, -0.05) is 6.58 Å². The first-order chi connectivity index (χ1) is 9.41. The topological polar surface area (TPSA) is 78.9 Å². The Balaban J connectivity index is 1.60. The molecule has 2 saturated heterocycles. The monoisotopic (exact) mass is 280 g/mol. The smallest absolute Gasteiger partial charge is 0.347 e. The van der Waals surface area contributed by atoms with E-state index in [1.165, 1.54) is 6.92 Å². The normalized spacial score (nSPS) is 36.6. The van der Waals surface area contributed by atoms with Crippen molar-refractivity contribution in [1.29, 1.82) is 0 Å². The van der Waals surface area contributed by atoms with E-state index in [4.69, 9.17) is 14.2 Å². The van der Waals surface area contributed by atoms with Crippen molar-refractivity contribution in [2.75, 3.05) is 6.61 Å². The number of carbonyl (C=O) groups is 3. The van der Waals surface area contributed by atoms with Gasteiger partial charge in [-0.05, 0) is 25.7 Å². The quantitative estimate of drug-likeness (QED) is 0.563. The minimum atomic E-state index is -1.12. The summed E-state index contributed by atoms with van der Waals surface area (Å²) in [6, 6.07) is 0. The van der Waals surface area contributed by atoms with E-state index in [9.17, 15) is 14.4 Å². The zero-order valence-electron chi connectivity index (χ0n) is 11.2. The molecular formula is C14H16O6. The molecule has 0 aromatic heterocycles. The van der Waals surface area contributed by atoms with E-state index in [1.54, 1.807) is 0 Å². The fraction of sp³-hybridized carbons (Fsp3) is 0.643. The summed E-state index contributed by atoms with van der Waals surface area (Å²) in [6.07, 6.45) is 2.14. The molecule has 2 saturated carbocycles. The predicted molar refractivity (Wildman–Crippen MR) is 65.0 cm³/mol. The summed E-state index contributed by atoms with van der Waals surface area (Å²) in [7, 11) is 0. The highest BCUT2D eigenvalue weighted by atomic mass is 16.7. The third-order valence-electron chi connectivity index (χ3n) is 4.40. The Bertz CT molecular complexity index is 510. The molecule has 4 unspecified atom stereocenters. The second-order valence-electron chi connectivity index (χ2n) is 5.80. The Labute approximate surface area is 116 Å². The number of ether oxygens (including phenoxy) is 3. The lowest BCUT2D eigenvalue weighted by Gasteiger charge is -2.43. The molecule has 4 rings (SSSR count). The minimum Gasteiger partial charge on any atom is -0.450 e. The van der Waals surface area contributed by atoms with Crippen molar-refractivity contribution in [3.05, 3.63) is 12.2 Å². The van der Waals surface area contributed by atoms with Gasteiger partial charge in [-0.2, -0.15) is 0 Å². The molecule has 0 amide bonds. The van der Waals surface area contributed by atoms with Crippen molar-refractivity contribution < 1.29 is 28.6 Å². The summed E-state index contributed by atoms with van der Waals surface area (Å²) < 4.78 is 15.4. The molecule has 2 aliphatic carbocycles. The summed E-state index contributed by atoms with van der Waals surface area (Å²) in [5.41, 5.74) is 0.211. The lowest BCUT2D eigenvalue weighted by molar-refractivity contribution is -0.270. The Morgan fingerprint density at radius 1 is 1.45 bits per heavy atom. The van der Waals surface area contributed by atoms with Crippen molar-refractivity contribution in [3.63, 3.8) is 0 Å². The molecule has 4 aliphatic rings. The number of hydrogen-bond acceptors (Lipinski definition) is 6. The third kappa shape index (κ3) is 1.90. The fourth-order valence-corrected chi connectivity index (χ4v) is 3.52. The van der Waals surface area contributed by atoms with Crippen LogP contribution >= 0.6 is 0 Å². The lowest BCUT2D eigenvalue weighted by atomic mass is 9.82. The van der Waals surface area contributed by atoms with E-state index >= 15 is 0 Å². The van der Waals surface area contributed by atoms with Crippen molar-refractivity contribution in [2.24, 2.45) is 17.8 Å². The number of carbonyl (C=O) groups excluding carboxylic acids is 3. The Kier molecular flexibility index (Phi) is 2.84. The molecule has 4 fully saturated rings. The van der Waals surface area contributed by atoms with Gasteiger partial charge in [0.1, 0.15) is 0 Å². The summed E-state index contributed by atoms with van der Waals surface area (Å²) in [6.45, 7) is 4.41. The molecule has 2 heterocycles. The maximum atomic E-state index is 11.8. The van der Waals surface area contributed by atoms with Gasteiger partial charge in [-0.3, -0.25) is 4.79 Å². The zero-order chi connectivity index (χ0) is 14.5. The standard InChI is InChI=1S/C14H16O6/c1-7(2)12(16)18-6-11(15)19-14-5-8-3-9(14)4-10(8)13(17)20-14/h8-10H,1,3-6H2,2H3. The van der Waals surface area contributed by atoms with Gasteiger partial charge in [0.15, 0.2) is 6.61 Å². The van der Waals surface area contributed by atoms with Crippen LogP contribution in [-0.2, 0) is 28.6 Å². The van der Waals surface area contributed by atoms with Gasteiger partial charge in [0.25, 0.3) is 5.79 Å². The first-order valence-corrected chi connectivity index (χ1v) is 6.68. The van der Waals surface area contributed by atoms with Gasteiger partial charge in [0.05, 0.1) is 5.92 Å². The average molecular weight is 280 g/mol. The Morgan fingerprint density at radius 2 is 2.20 bits per heavy atom. The van der Waals surface area contributed by atoms with Crippen LogP contribution in [0.4, 0.5) is 0 Å². The molecule has 4 atom stereocenters. The lowest BCUT2D eigenvalue weighted by Crippen LogP contribution is -2.53. The van der Waals surface area contributed by atoms with Gasteiger partial charge in [0.2, 0.25) is 0 Å². The van der Waals surface area contributed by atoms with Crippen LogP contribution in [0.25, 0.3) is 0 Å². The van der Waals surface area contributed by atoms with E-state index in [0.717, 1.165) is 12.8 Å². The second kappa shape index (κ2) is 4.33. The summed E-state index contributed by atoms with van der Waals surface area (Å²) >= 11 is 0. The SMILES string of the molecule is C=C(C)C(=O)OCC(=O)OC12CC3CC1CC3C(=O)O2. The van der Waals surface area contributed by atoms with Crippen molar-refractivity contribution in [1.82, 2.24) is 0 Å². The second-order valence-corrected chi connectivity index (χ2v) is 5.80. The molecule has 0 spiro atoms. The Morgan fingerprint density at radius 3 is 2.80 bits per heavy atom. The minimum absolute atomic E-state index is 0.0261. The van der Waals surface area contributed by atoms with Gasteiger partial charge >= 0.3 is 17.9 Å². The van der Waals surface area contributed by atoms with E-state index in [1.807, 2.05) is 0 Å². The highest BCUT2D eigenvalue weighted by Gasteiger charge is 2.66. The average Bonchev–Trinajstić information content (AvgIpc) is 2.90. The maximum Gasteiger partial charge on any atom is 0.347 e. The molecule has 0 aromatic carbocycles. The molecule has 6 heteroatoms.